The molecule has 2 aromatic rings. The molecule has 2 aliphatic heterocycles. The summed E-state index contributed by atoms with van der Waals surface area (Å²) in [5.41, 5.74) is 5.57. The quantitative estimate of drug-likeness (QED) is 0.907. The van der Waals surface area contributed by atoms with Crippen molar-refractivity contribution in [2.75, 3.05) is 36.4 Å². The van der Waals surface area contributed by atoms with Crippen LogP contribution in [0.25, 0.3) is 0 Å². The summed E-state index contributed by atoms with van der Waals surface area (Å²) in [5, 5.41) is 3.38. The summed E-state index contributed by atoms with van der Waals surface area (Å²) in [4.78, 5) is 20.0. The van der Waals surface area contributed by atoms with Crippen LogP contribution in [0, 0.1) is 6.92 Å². The Morgan fingerprint density at radius 1 is 1.25 bits per heavy atom. The maximum absolute atomic E-state index is 12.4. The Kier molecular flexibility index (Phi) is 3.71. The molecule has 1 amide bonds. The molecule has 0 saturated carbocycles. The standard InChI is InChI=1S/C19H24N4O/c1-3-20-16-6-5-15(11-13(16)2)23-10-7-14-12-17(21-18(14)23)19(24)22-8-4-9-22/h5-6,11-12,20-21H,3-4,7-10H2,1-2H3. The number of likely N-dealkylation sites (tertiary alicyclic amines) is 1. The first-order chi connectivity index (χ1) is 11.7. The van der Waals surface area contributed by atoms with E-state index in [4.69, 9.17) is 0 Å². The van der Waals surface area contributed by atoms with Crippen LogP contribution >= 0.6 is 0 Å². The van der Waals surface area contributed by atoms with E-state index in [-0.39, 0.29) is 5.91 Å². The van der Waals surface area contributed by atoms with Crippen LogP contribution in [0.2, 0.25) is 0 Å². The molecule has 0 radical (unpaired) electrons. The highest BCUT2D eigenvalue weighted by molar-refractivity contribution is 5.94. The number of fused-ring (bicyclic) bond motifs is 1. The monoisotopic (exact) mass is 324 g/mol. The van der Waals surface area contributed by atoms with E-state index >= 15 is 0 Å². The van der Waals surface area contributed by atoms with Gasteiger partial charge in [0.15, 0.2) is 0 Å². The minimum atomic E-state index is 0.134. The van der Waals surface area contributed by atoms with Crippen molar-refractivity contribution in [3.63, 3.8) is 0 Å². The van der Waals surface area contributed by atoms with E-state index < -0.39 is 0 Å². The van der Waals surface area contributed by atoms with Crippen LogP contribution in [0.5, 0.6) is 0 Å². The van der Waals surface area contributed by atoms with E-state index in [0.29, 0.717) is 0 Å². The lowest BCUT2D eigenvalue weighted by Gasteiger charge is -2.30. The van der Waals surface area contributed by atoms with Crippen LogP contribution in [0.1, 0.15) is 35.0 Å². The number of hydrogen-bond acceptors (Lipinski definition) is 3. The van der Waals surface area contributed by atoms with Gasteiger partial charge in [0.25, 0.3) is 5.91 Å². The average molecular weight is 324 g/mol. The number of aromatic nitrogens is 1. The Bertz CT molecular complexity index is 776. The molecule has 2 aliphatic rings. The topological polar surface area (TPSA) is 51.4 Å². The normalized spacial score (nSPS) is 16.1. The molecule has 4 rings (SSSR count). The molecule has 126 valence electrons. The number of H-pyrrole nitrogens is 1. The second-order valence-electron chi connectivity index (χ2n) is 6.63. The van der Waals surface area contributed by atoms with Crippen molar-refractivity contribution in [1.29, 1.82) is 0 Å². The van der Waals surface area contributed by atoms with Crippen LogP contribution in [0.4, 0.5) is 17.2 Å². The van der Waals surface area contributed by atoms with E-state index in [1.165, 1.54) is 22.5 Å². The Labute approximate surface area is 142 Å². The van der Waals surface area contributed by atoms with Gasteiger partial charge in [0.2, 0.25) is 0 Å². The first-order valence-corrected chi connectivity index (χ1v) is 8.80. The van der Waals surface area contributed by atoms with Crippen LogP contribution < -0.4 is 10.2 Å². The first-order valence-electron chi connectivity index (χ1n) is 8.80. The lowest BCUT2D eigenvalue weighted by atomic mass is 10.1. The van der Waals surface area contributed by atoms with E-state index in [1.54, 1.807) is 0 Å². The molecule has 0 unspecified atom stereocenters. The predicted molar refractivity (Wildman–Crippen MR) is 97.4 cm³/mol. The molecule has 0 bridgehead atoms. The third-order valence-corrected chi connectivity index (χ3v) is 5.01. The highest BCUT2D eigenvalue weighted by Crippen LogP contribution is 2.36. The Morgan fingerprint density at radius 2 is 2.08 bits per heavy atom. The van der Waals surface area contributed by atoms with Crippen molar-refractivity contribution in [3.05, 3.63) is 41.1 Å². The number of rotatable bonds is 4. The van der Waals surface area contributed by atoms with Gasteiger partial charge in [-0.05, 0) is 62.1 Å². The summed E-state index contributed by atoms with van der Waals surface area (Å²) in [7, 11) is 0. The van der Waals surface area contributed by atoms with Crippen molar-refractivity contribution in [1.82, 2.24) is 9.88 Å². The average Bonchev–Trinajstić information content (AvgIpc) is 3.08. The smallest absolute Gasteiger partial charge is 0.270 e. The minimum absolute atomic E-state index is 0.134. The molecule has 0 atom stereocenters. The van der Waals surface area contributed by atoms with Gasteiger partial charge in [0, 0.05) is 37.6 Å². The fourth-order valence-electron chi connectivity index (χ4n) is 3.53. The van der Waals surface area contributed by atoms with Gasteiger partial charge in [-0.15, -0.1) is 0 Å². The maximum Gasteiger partial charge on any atom is 0.270 e. The summed E-state index contributed by atoms with van der Waals surface area (Å²) in [6, 6.07) is 8.54. The molecule has 3 heterocycles. The van der Waals surface area contributed by atoms with Crippen LogP contribution in [0.3, 0.4) is 0 Å². The highest BCUT2D eigenvalue weighted by atomic mass is 16.2. The van der Waals surface area contributed by atoms with Crippen LogP contribution in [-0.4, -0.2) is 42.0 Å². The van der Waals surface area contributed by atoms with Gasteiger partial charge in [-0.25, -0.2) is 0 Å². The van der Waals surface area contributed by atoms with E-state index in [9.17, 15) is 4.79 Å². The minimum Gasteiger partial charge on any atom is -0.385 e. The number of nitrogens with zero attached hydrogens (tertiary/aromatic N) is 2. The molecule has 1 fully saturated rings. The van der Waals surface area contributed by atoms with E-state index in [1.807, 2.05) is 11.0 Å². The van der Waals surface area contributed by atoms with Crippen molar-refractivity contribution in [3.8, 4) is 0 Å². The number of benzene rings is 1. The lowest BCUT2D eigenvalue weighted by Crippen LogP contribution is -2.42. The number of aromatic amines is 1. The number of aryl methyl sites for hydroxylation is 1. The summed E-state index contributed by atoms with van der Waals surface area (Å²) in [6.07, 6.45) is 2.10. The molecule has 0 spiro atoms. The third-order valence-electron chi connectivity index (χ3n) is 5.01. The SMILES string of the molecule is CCNc1ccc(N2CCc3cc(C(=O)N4CCC4)[nH]c32)cc1C. The summed E-state index contributed by atoms with van der Waals surface area (Å²) in [6.45, 7) is 7.89. The molecule has 5 heteroatoms. The maximum atomic E-state index is 12.4. The fraction of sp³-hybridized carbons (Fsp3) is 0.421. The molecule has 1 saturated heterocycles. The van der Waals surface area contributed by atoms with Gasteiger partial charge in [-0.2, -0.15) is 0 Å². The molecule has 2 N–H and O–H groups in total. The number of hydrogen-bond donors (Lipinski definition) is 2. The number of amides is 1. The molecule has 1 aromatic heterocycles. The van der Waals surface area contributed by atoms with Gasteiger partial charge in [0.1, 0.15) is 11.5 Å². The molecule has 1 aromatic carbocycles. The van der Waals surface area contributed by atoms with Crippen LogP contribution in [-0.2, 0) is 6.42 Å². The Morgan fingerprint density at radius 3 is 2.75 bits per heavy atom. The number of carbonyl (C=O) groups excluding carboxylic acids is 1. The molecule has 0 aliphatic carbocycles. The zero-order chi connectivity index (χ0) is 16.7. The van der Waals surface area contributed by atoms with Crippen molar-refractivity contribution < 1.29 is 4.79 Å². The zero-order valence-electron chi connectivity index (χ0n) is 14.4. The van der Waals surface area contributed by atoms with Crippen molar-refractivity contribution >= 4 is 23.1 Å². The number of carbonyl (C=O) groups is 1. The molecular weight excluding hydrogens is 300 g/mol. The van der Waals surface area contributed by atoms with Gasteiger partial charge in [-0.1, -0.05) is 0 Å². The molecular formula is C19H24N4O. The zero-order valence-corrected chi connectivity index (χ0v) is 14.4. The van der Waals surface area contributed by atoms with Crippen LogP contribution in [0.15, 0.2) is 24.3 Å². The second-order valence-corrected chi connectivity index (χ2v) is 6.63. The van der Waals surface area contributed by atoms with Gasteiger partial charge in [-0.3, -0.25) is 4.79 Å². The fourth-order valence-corrected chi connectivity index (χ4v) is 3.53. The third kappa shape index (κ3) is 2.44. The Hall–Kier alpha value is -2.43. The van der Waals surface area contributed by atoms with Gasteiger partial charge in [0.05, 0.1) is 0 Å². The van der Waals surface area contributed by atoms with Gasteiger partial charge >= 0.3 is 0 Å². The van der Waals surface area contributed by atoms with Crippen molar-refractivity contribution in [2.24, 2.45) is 0 Å². The van der Waals surface area contributed by atoms with E-state index in [0.717, 1.165) is 50.5 Å². The first kappa shape index (κ1) is 15.1. The second kappa shape index (κ2) is 5.89. The summed E-state index contributed by atoms with van der Waals surface area (Å²) in [5.74, 6) is 1.21. The van der Waals surface area contributed by atoms with Gasteiger partial charge < -0.3 is 20.1 Å². The number of anilines is 3. The number of nitrogens with one attached hydrogen (secondary N) is 2. The largest absolute Gasteiger partial charge is 0.385 e. The molecule has 5 nitrogen and oxygen atoms in total. The van der Waals surface area contributed by atoms with E-state index in [2.05, 4.69) is 47.2 Å². The highest BCUT2D eigenvalue weighted by Gasteiger charge is 2.28. The predicted octanol–water partition coefficient (Wildman–Crippen LogP) is 3.30. The summed E-state index contributed by atoms with van der Waals surface area (Å²) < 4.78 is 0. The molecule has 24 heavy (non-hydrogen) atoms. The summed E-state index contributed by atoms with van der Waals surface area (Å²) >= 11 is 0. The van der Waals surface area contributed by atoms with Crippen molar-refractivity contribution in [2.45, 2.75) is 26.7 Å². The Balaban J connectivity index is 1.60. The lowest BCUT2D eigenvalue weighted by molar-refractivity contribution is 0.0646.